The number of hydrogen-bond donors (Lipinski definition) is 1. The predicted octanol–water partition coefficient (Wildman–Crippen LogP) is 2.71. The molecule has 1 aliphatic rings. The van der Waals surface area contributed by atoms with Gasteiger partial charge in [-0.25, -0.2) is 0 Å². The molecule has 0 aliphatic carbocycles. The van der Waals surface area contributed by atoms with Gasteiger partial charge in [0.2, 0.25) is 0 Å². The zero-order chi connectivity index (χ0) is 12.8. The molecule has 0 spiro atoms. The molecule has 1 aromatic carbocycles. The molecule has 1 N–H and O–H groups in total. The molecule has 1 amide bonds. The van der Waals surface area contributed by atoms with Gasteiger partial charge in [0.1, 0.15) is 0 Å². The lowest BCUT2D eigenvalue weighted by Gasteiger charge is -2.34. The third kappa shape index (κ3) is 4.22. The van der Waals surface area contributed by atoms with Crippen molar-refractivity contribution in [1.29, 1.82) is 0 Å². The Morgan fingerprint density at radius 1 is 1.26 bits per heavy atom. The first-order chi connectivity index (χ1) is 8.83. The van der Waals surface area contributed by atoms with E-state index >= 15 is 0 Å². The summed E-state index contributed by atoms with van der Waals surface area (Å²) < 4.78 is 0. The quantitative estimate of drug-likeness (QED) is 0.921. The SMILES string of the molecule is CCCN(C(=O)c1ccccc1)C1CCNCC1.Cl. The Labute approximate surface area is 121 Å². The average molecular weight is 283 g/mol. The van der Waals surface area contributed by atoms with Crippen LogP contribution in [0.4, 0.5) is 0 Å². The van der Waals surface area contributed by atoms with Gasteiger partial charge in [0.05, 0.1) is 0 Å². The van der Waals surface area contributed by atoms with Crippen LogP contribution in [0.1, 0.15) is 36.5 Å². The van der Waals surface area contributed by atoms with E-state index in [2.05, 4.69) is 17.1 Å². The Morgan fingerprint density at radius 3 is 2.47 bits per heavy atom. The number of benzene rings is 1. The van der Waals surface area contributed by atoms with Crippen molar-refractivity contribution in [3.63, 3.8) is 0 Å². The van der Waals surface area contributed by atoms with Crippen LogP contribution in [0.25, 0.3) is 0 Å². The summed E-state index contributed by atoms with van der Waals surface area (Å²) in [6.45, 7) is 5.03. The molecule has 3 nitrogen and oxygen atoms in total. The lowest BCUT2D eigenvalue weighted by molar-refractivity contribution is 0.0642. The Hall–Kier alpha value is -1.06. The first-order valence-electron chi connectivity index (χ1n) is 6.89. The van der Waals surface area contributed by atoms with Crippen LogP contribution in [0.2, 0.25) is 0 Å². The number of piperidine rings is 1. The number of hydrogen-bond acceptors (Lipinski definition) is 2. The summed E-state index contributed by atoms with van der Waals surface area (Å²) in [4.78, 5) is 14.6. The lowest BCUT2D eigenvalue weighted by Crippen LogP contribution is -2.46. The van der Waals surface area contributed by atoms with E-state index in [0.717, 1.165) is 44.5 Å². The number of carbonyl (C=O) groups excluding carboxylic acids is 1. The standard InChI is InChI=1S/C15H22N2O.ClH/c1-2-12-17(14-8-10-16-11-9-14)15(18)13-6-4-3-5-7-13;/h3-7,14,16H,2,8-12H2,1H3;1H. The highest BCUT2D eigenvalue weighted by molar-refractivity contribution is 5.94. The maximum atomic E-state index is 12.5. The summed E-state index contributed by atoms with van der Waals surface area (Å²) in [6, 6.07) is 10.0. The minimum absolute atomic E-state index is 0. The Bertz CT molecular complexity index is 377. The van der Waals surface area contributed by atoms with Gasteiger partial charge in [-0.05, 0) is 44.5 Å². The van der Waals surface area contributed by atoms with E-state index in [9.17, 15) is 4.79 Å². The van der Waals surface area contributed by atoms with Crippen molar-refractivity contribution in [2.75, 3.05) is 19.6 Å². The van der Waals surface area contributed by atoms with Gasteiger partial charge in [0.15, 0.2) is 0 Å². The third-order valence-electron chi connectivity index (χ3n) is 3.50. The molecular weight excluding hydrogens is 260 g/mol. The predicted molar refractivity (Wildman–Crippen MR) is 80.9 cm³/mol. The highest BCUT2D eigenvalue weighted by Gasteiger charge is 2.25. The molecule has 1 aliphatic heterocycles. The number of nitrogens with zero attached hydrogens (tertiary/aromatic N) is 1. The van der Waals surface area contributed by atoms with Crippen molar-refractivity contribution < 1.29 is 4.79 Å². The molecule has 19 heavy (non-hydrogen) atoms. The van der Waals surface area contributed by atoms with E-state index < -0.39 is 0 Å². The molecule has 1 saturated heterocycles. The monoisotopic (exact) mass is 282 g/mol. The van der Waals surface area contributed by atoms with Gasteiger partial charge in [0, 0.05) is 18.2 Å². The minimum Gasteiger partial charge on any atom is -0.336 e. The highest BCUT2D eigenvalue weighted by atomic mass is 35.5. The van der Waals surface area contributed by atoms with E-state index in [1.807, 2.05) is 30.3 Å². The van der Waals surface area contributed by atoms with Gasteiger partial charge in [0.25, 0.3) is 5.91 Å². The third-order valence-corrected chi connectivity index (χ3v) is 3.50. The first-order valence-corrected chi connectivity index (χ1v) is 6.89. The number of nitrogens with one attached hydrogen (secondary N) is 1. The van der Waals surface area contributed by atoms with Crippen LogP contribution in [-0.2, 0) is 0 Å². The Kier molecular flexibility index (Phi) is 6.89. The van der Waals surface area contributed by atoms with Crippen molar-refractivity contribution in [3.05, 3.63) is 35.9 Å². The second kappa shape index (κ2) is 8.18. The summed E-state index contributed by atoms with van der Waals surface area (Å²) in [5.41, 5.74) is 0.810. The number of carbonyl (C=O) groups is 1. The molecule has 0 unspecified atom stereocenters. The fourth-order valence-corrected chi connectivity index (χ4v) is 2.56. The van der Waals surface area contributed by atoms with E-state index in [0.29, 0.717) is 6.04 Å². The van der Waals surface area contributed by atoms with Crippen LogP contribution in [0.3, 0.4) is 0 Å². The Balaban J connectivity index is 0.00000180. The maximum Gasteiger partial charge on any atom is 0.254 e. The maximum absolute atomic E-state index is 12.5. The second-order valence-electron chi connectivity index (χ2n) is 4.85. The molecule has 106 valence electrons. The normalized spacial score (nSPS) is 15.6. The van der Waals surface area contributed by atoms with Gasteiger partial charge in [-0.2, -0.15) is 0 Å². The van der Waals surface area contributed by atoms with Crippen molar-refractivity contribution in [2.45, 2.75) is 32.2 Å². The van der Waals surface area contributed by atoms with Crippen LogP contribution in [0.15, 0.2) is 30.3 Å². The molecule has 1 fully saturated rings. The zero-order valence-electron chi connectivity index (χ0n) is 11.5. The highest BCUT2D eigenvalue weighted by Crippen LogP contribution is 2.16. The van der Waals surface area contributed by atoms with Crippen molar-refractivity contribution in [3.8, 4) is 0 Å². The zero-order valence-corrected chi connectivity index (χ0v) is 12.3. The summed E-state index contributed by atoms with van der Waals surface area (Å²) in [7, 11) is 0. The molecule has 0 saturated carbocycles. The van der Waals surface area contributed by atoms with Crippen molar-refractivity contribution in [1.82, 2.24) is 10.2 Å². The van der Waals surface area contributed by atoms with Crippen LogP contribution in [0, 0.1) is 0 Å². The fourth-order valence-electron chi connectivity index (χ4n) is 2.56. The Morgan fingerprint density at radius 2 is 1.89 bits per heavy atom. The first kappa shape index (κ1) is 16.0. The number of amides is 1. The minimum atomic E-state index is 0. The second-order valence-corrected chi connectivity index (χ2v) is 4.85. The van der Waals surface area contributed by atoms with E-state index in [-0.39, 0.29) is 18.3 Å². The molecule has 0 bridgehead atoms. The van der Waals surface area contributed by atoms with Crippen LogP contribution < -0.4 is 5.32 Å². The molecular formula is C15H23ClN2O. The largest absolute Gasteiger partial charge is 0.336 e. The van der Waals surface area contributed by atoms with Gasteiger partial charge in [-0.3, -0.25) is 4.79 Å². The van der Waals surface area contributed by atoms with Crippen molar-refractivity contribution in [2.24, 2.45) is 0 Å². The lowest BCUT2D eigenvalue weighted by atomic mass is 10.0. The van der Waals surface area contributed by atoms with E-state index in [4.69, 9.17) is 0 Å². The van der Waals surface area contributed by atoms with Gasteiger partial charge >= 0.3 is 0 Å². The number of halogens is 1. The summed E-state index contributed by atoms with van der Waals surface area (Å²) in [6.07, 6.45) is 3.15. The van der Waals surface area contributed by atoms with Gasteiger partial charge < -0.3 is 10.2 Å². The van der Waals surface area contributed by atoms with E-state index in [1.54, 1.807) is 0 Å². The van der Waals surface area contributed by atoms with Crippen molar-refractivity contribution >= 4 is 18.3 Å². The smallest absolute Gasteiger partial charge is 0.254 e. The molecule has 0 aromatic heterocycles. The van der Waals surface area contributed by atoms with E-state index in [1.165, 1.54) is 0 Å². The van der Waals surface area contributed by atoms with Crippen LogP contribution in [0.5, 0.6) is 0 Å². The molecule has 4 heteroatoms. The topological polar surface area (TPSA) is 32.3 Å². The summed E-state index contributed by atoms with van der Waals surface area (Å²) >= 11 is 0. The summed E-state index contributed by atoms with van der Waals surface area (Å²) in [5.74, 6) is 0.185. The van der Waals surface area contributed by atoms with Gasteiger partial charge in [-0.1, -0.05) is 25.1 Å². The molecule has 1 heterocycles. The van der Waals surface area contributed by atoms with Crippen LogP contribution >= 0.6 is 12.4 Å². The van der Waals surface area contributed by atoms with Gasteiger partial charge in [-0.15, -0.1) is 12.4 Å². The molecule has 0 atom stereocenters. The number of rotatable bonds is 4. The average Bonchev–Trinajstić information content (AvgIpc) is 2.46. The molecule has 2 rings (SSSR count). The molecule has 1 aromatic rings. The fraction of sp³-hybridized carbons (Fsp3) is 0.533. The van der Waals surface area contributed by atoms with Crippen LogP contribution in [-0.4, -0.2) is 36.5 Å². The molecule has 0 radical (unpaired) electrons. The summed E-state index contributed by atoms with van der Waals surface area (Å²) in [5, 5.41) is 3.35.